The number of hydrogen-bond acceptors (Lipinski definition) is 5. The van der Waals surface area contributed by atoms with Gasteiger partial charge in [0.05, 0.1) is 0 Å². The molecule has 9 aromatic rings. The first kappa shape index (κ1) is 28.9. The Morgan fingerprint density at radius 1 is 0.558 bits per heavy atom. The lowest BCUT2D eigenvalue weighted by Gasteiger charge is -2.21. The van der Waals surface area contributed by atoms with E-state index in [2.05, 4.69) is 134 Å². The van der Waals surface area contributed by atoms with Gasteiger partial charge in [-0.25, -0.2) is 15.0 Å². The number of allylic oxidation sites excluding steroid dienone is 8. The zero-order valence-electron chi connectivity index (χ0n) is 28.0. The summed E-state index contributed by atoms with van der Waals surface area (Å²) in [6.07, 6.45) is 14.0. The maximum atomic E-state index is 6.61. The molecule has 1 atom stereocenters. The molecular weight excluding hydrogens is 639 g/mol. The molecule has 0 amide bonds. The maximum Gasteiger partial charge on any atom is 0.165 e. The number of furan rings is 2. The highest BCUT2D eigenvalue weighted by Gasteiger charge is 2.25. The summed E-state index contributed by atoms with van der Waals surface area (Å²) in [5.74, 6) is 2.19. The summed E-state index contributed by atoms with van der Waals surface area (Å²) in [7, 11) is 0. The van der Waals surface area contributed by atoms with Crippen LogP contribution in [0.3, 0.4) is 0 Å². The number of fused-ring (bicyclic) bond motifs is 8. The maximum absolute atomic E-state index is 6.61. The van der Waals surface area contributed by atoms with Crippen LogP contribution in [0.15, 0.2) is 172 Å². The third kappa shape index (κ3) is 4.53. The number of aromatic nitrogens is 3. The summed E-state index contributed by atoms with van der Waals surface area (Å²) >= 11 is 0. The molecule has 52 heavy (non-hydrogen) atoms. The van der Waals surface area contributed by atoms with Gasteiger partial charge in [0.25, 0.3) is 0 Å². The van der Waals surface area contributed by atoms with E-state index in [0.717, 1.165) is 83.5 Å². The number of benzene rings is 6. The van der Waals surface area contributed by atoms with Gasteiger partial charge in [0.1, 0.15) is 22.3 Å². The largest absolute Gasteiger partial charge is 0.456 e. The standard InChI is InChI=1S/C47H29N3O2/c1-3-12-30-26-32(22-20-28(30)10-1)45-48-46(33-23-21-29-11-2-4-13-31(29)27-33)50-47(49-45)43-35(24-25-41-42(43)38-15-6-8-19-40(38)51-41)37-17-9-16-36-34-14-5-7-18-39(34)52-44(36)37/h1-20,22-27,29H,21H2. The Labute approximate surface area is 298 Å². The first-order valence-corrected chi connectivity index (χ1v) is 17.6. The van der Waals surface area contributed by atoms with E-state index in [0.29, 0.717) is 23.4 Å². The molecule has 0 saturated carbocycles. The highest BCUT2D eigenvalue weighted by Crippen LogP contribution is 2.45. The molecule has 2 aliphatic rings. The molecule has 2 aliphatic carbocycles. The van der Waals surface area contributed by atoms with Gasteiger partial charge in [0.15, 0.2) is 17.5 Å². The lowest BCUT2D eigenvalue weighted by Crippen LogP contribution is -2.08. The normalized spacial score (nSPS) is 15.5. The van der Waals surface area contributed by atoms with Crippen molar-refractivity contribution >= 4 is 60.2 Å². The first-order chi connectivity index (χ1) is 25.7. The van der Waals surface area contributed by atoms with Crippen molar-refractivity contribution in [2.75, 3.05) is 0 Å². The van der Waals surface area contributed by atoms with Crippen molar-refractivity contribution < 1.29 is 8.83 Å². The van der Waals surface area contributed by atoms with Crippen LogP contribution in [-0.4, -0.2) is 15.0 Å². The molecule has 0 saturated heterocycles. The minimum absolute atomic E-state index is 0.358. The average molecular weight is 668 g/mol. The smallest absolute Gasteiger partial charge is 0.165 e. The van der Waals surface area contributed by atoms with E-state index in [1.807, 2.05) is 24.3 Å². The zero-order valence-corrected chi connectivity index (χ0v) is 28.0. The van der Waals surface area contributed by atoms with Gasteiger partial charge < -0.3 is 8.83 Å². The fourth-order valence-electron chi connectivity index (χ4n) is 7.92. The van der Waals surface area contributed by atoms with E-state index in [9.17, 15) is 0 Å². The van der Waals surface area contributed by atoms with Crippen LogP contribution in [-0.2, 0) is 0 Å². The molecule has 244 valence electrons. The lowest BCUT2D eigenvalue weighted by atomic mass is 9.85. The average Bonchev–Trinajstić information content (AvgIpc) is 3.79. The molecule has 1 unspecified atom stereocenters. The molecular formula is C47H29N3O2. The van der Waals surface area contributed by atoms with E-state index >= 15 is 0 Å². The molecule has 0 radical (unpaired) electrons. The first-order valence-electron chi connectivity index (χ1n) is 17.6. The lowest BCUT2D eigenvalue weighted by molar-refractivity contribution is 0.668. The Morgan fingerprint density at radius 2 is 1.33 bits per heavy atom. The Balaban J connectivity index is 1.23. The second kappa shape index (κ2) is 11.3. The van der Waals surface area contributed by atoms with Gasteiger partial charge in [-0.05, 0) is 64.7 Å². The van der Waals surface area contributed by atoms with Gasteiger partial charge in [-0.15, -0.1) is 0 Å². The van der Waals surface area contributed by atoms with Gasteiger partial charge in [-0.3, -0.25) is 0 Å². The molecule has 5 nitrogen and oxygen atoms in total. The van der Waals surface area contributed by atoms with Crippen molar-refractivity contribution in [3.05, 3.63) is 169 Å². The van der Waals surface area contributed by atoms with Crippen LogP contribution in [0.25, 0.3) is 94.1 Å². The summed E-state index contributed by atoms with van der Waals surface area (Å²) in [6, 6.07) is 41.7. The fourth-order valence-corrected chi connectivity index (χ4v) is 7.92. The summed E-state index contributed by atoms with van der Waals surface area (Å²) in [6.45, 7) is 0. The minimum Gasteiger partial charge on any atom is -0.456 e. The number of rotatable bonds is 4. The van der Waals surface area contributed by atoms with Gasteiger partial charge in [0.2, 0.25) is 0 Å². The van der Waals surface area contributed by atoms with E-state index in [-0.39, 0.29) is 0 Å². The van der Waals surface area contributed by atoms with Crippen molar-refractivity contribution in [1.82, 2.24) is 15.0 Å². The summed E-state index contributed by atoms with van der Waals surface area (Å²) < 4.78 is 13.1. The highest BCUT2D eigenvalue weighted by molar-refractivity contribution is 6.18. The van der Waals surface area contributed by atoms with Crippen molar-refractivity contribution in [3.63, 3.8) is 0 Å². The van der Waals surface area contributed by atoms with Crippen LogP contribution < -0.4 is 0 Å². The molecule has 5 heteroatoms. The van der Waals surface area contributed by atoms with Crippen LogP contribution in [0.2, 0.25) is 0 Å². The van der Waals surface area contributed by atoms with Crippen molar-refractivity contribution in [3.8, 4) is 33.9 Å². The third-order valence-electron chi connectivity index (χ3n) is 10.4. The van der Waals surface area contributed by atoms with E-state index in [4.69, 9.17) is 23.8 Å². The van der Waals surface area contributed by atoms with Crippen LogP contribution in [0.1, 0.15) is 12.2 Å². The highest BCUT2D eigenvalue weighted by atomic mass is 16.3. The fraction of sp³-hybridized carbons (Fsp3) is 0.0426. The molecule has 0 bridgehead atoms. The molecule has 0 spiro atoms. The van der Waals surface area contributed by atoms with E-state index < -0.39 is 0 Å². The Bertz CT molecular complexity index is 3060. The molecule has 11 rings (SSSR count). The quantitative estimate of drug-likeness (QED) is 0.187. The second-order valence-corrected chi connectivity index (χ2v) is 13.5. The molecule has 0 aliphatic heterocycles. The SMILES string of the molecule is C1=CC2=CC(c3nc(-c4ccc5ccccc5c4)nc(-c4c(-c5cccc6c5oc5ccccc56)ccc5oc6ccccc6c45)n3)=CCC2C=C1. The predicted octanol–water partition coefficient (Wildman–Crippen LogP) is 12.3. The number of para-hydroxylation sites is 3. The number of nitrogens with zero attached hydrogens (tertiary/aromatic N) is 3. The van der Waals surface area contributed by atoms with Gasteiger partial charge >= 0.3 is 0 Å². The predicted molar refractivity (Wildman–Crippen MR) is 211 cm³/mol. The van der Waals surface area contributed by atoms with Crippen molar-refractivity contribution in [1.29, 1.82) is 0 Å². The topological polar surface area (TPSA) is 65.0 Å². The van der Waals surface area contributed by atoms with Crippen molar-refractivity contribution in [2.45, 2.75) is 6.42 Å². The van der Waals surface area contributed by atoms with E-state index in [1.54, 1.807) is 0 Å². The molecule has 0 fully saturated rings. The molecule has 0 N–H and O–H groups in total. The van der Waals surface area contributed by atoms with Crippen LogP contribution in [0, 0.1) is 5.92 Å². The number of hydrogen-bond donors (Lipinski definition) is 0. The van der Waals surface area contributed by atoms with E-state index in [1.165, 1.54) is 11.0 Å². The van der Waals surface area contributed by atoms with Gasteiger partial charge in [-0.2, -0.15) is 0 Å². The molecule has 3 aromatic heterocycles. The van der Waals surface area contributed by atoms with Crippen LogP contribution in [0.4, 0.5) is 0 Å². The van der Waals surface area contributed by atoms with Gasteiger partial charge in [0, 0.05) is 49.7 Å². The third-order valence-corrected chi connectivity index (χ3v) is 10.4. The van der Waals surface area contributed by atoms with Crippen molar-refractivity contribution in [2.24, 2.45) is 5.92 Å². The van der Waals surface area contributed by atoms with Gasteiger partial charge in [-0.1, -0.05) is 121 Å². The Hall–Kier alpha value is -6.85. The monoisotopic (exact) mass is 667 g/mol. The van der Waals surface area contributed by atoms with Crippen LogP contribution >= 0.6 is 0 Å². The summed E-state index contributed by atoms with van der Waals surface area (Å²) in [4.78, 5) is 15.9. The minimum atomic E-state index is 0.358. The zero-order chi connectivity index (χ0) is 34.2. The second-order valence-electron chi connectivity index (χ2n) is 13.5. The Kier molecular flexibility index (Phi) is 6.31. The molecule has 6 aromatic carbocycles. The molecule has 3 heterocycles. The summed E-state index contributed by atoms with van der Waals surface area (Å²) in [5.41, 5.74) is 9.23. The summed E-state index contributed by atoms with van der Waals surface area (Å²) in [5, 5.41) is 6.40. The Morgan fingerprint density at radius 3 is 2.25 bits per heavy atom. The van der Waals surface area contributed by atoms with Crippen LogP contribution in [0.5, 0.6) is 0 Å².